The van der Waals surface area contributed by atoms with Gasteiger partial charge in [-0.05, 0) is 31.0 Å². The van der Waals surface area contributed by atoms with E-state index in [4.69, 9.17) is 5.26 Å². The van der Waals surface area contributed by atoms with Gasteiger partial charge in [0.15, 0.2) is 0 Å². The number of rotatable bonds is 5. The molecule has 1 aliphatic carbocycles. The summed E-state index contributed by atoms with van der Waals surface area (Å²) in [4.78, 5) is 11.3. The van der Waals surface area contributed by atoms with Gasteiger partial charge in [0, 0.05) is 19.0 Å². The number of hydrogen-bond acceptors (Lipinski definition) is 3. The summed E-state index contributed by atoms with van der Waals surface area (Å²) in [5, 5.41) is 14.6. The molecule has 0 bridgehead atoms. The topological polar surface area (TPSA) is 64.9 Å². The summed E-state index contributed by atoms with van der Waals surface area (Å²) >= 11 is 0. The van der Waals surface area contributed by atoms with E-state index < -0.39 is 5.82 Å². The van der Waals surface area contributed by atoms with E-state index in [1.54, 1.807) is 0 Å². The Kier molecular flexibility index (Phi) is 3.78. The van der Waals surface area contributed by atoms with Gasteiger partial charge in [-0.15, -0.1) is 0 Å². The third-order valence-corrected chi connectivity index (χ3v) is 2.79. The molecule has 2 N–H and O–H groups in total. The zero-order chi connectivity index (χ0) is 13.0. The molecule has 94 valence electrons. The highest BCUT2D eigenvalue weighted by molar-refractivity contribution is 5.80. The first-order chi connectivity index (χ1) is 8.70. The maximum atomic E-state index is 12.9. The van der Waals surface area contributed by atoms with Crippen LogP contribution in [-0.2, 0) is 4.79 Å². The van der Waals surface area contributed by atoms with E-state index in [-0.39, 0.29) is 17.4 Å². The van der Waals surface area contributed by atoms with E-state index in [1.807, 2.05) is 6.07 Å². The van der Waals surface area contributed by atoms with E-state index >= 15 is 0 Å². The van der Waals surface area contributed by atoms with Crippen molar-refractivity contribution in [2.24, 2.45) is 5.92 Å². The maximum absolute atomic E-state index is 12.9. The van der Waals surface area contributed by atoms with Gasteiger partial charge in [0.05, 0.1) is 11.3 Å². The molecule has 0 aromatic heterocycles. The lowest BCUT2D eigenvalue weighted by Gasteiger charge is -2.09. The van der Waals surface area contributed by atoms with Gasteiger partial charge in [-0.1, -0.05) is 0 Å². The van der Waals surface area contributed by atoms with Gasteiger partial charge >= 0.3 is 0 Å². The van der Waals surface area contributed by atoms with Crippen molar-refractivity contribution >= 4 is 11.6 Å². The highest BCUT2D eigenvalue weighted by Crippen LogP contribution is 2.28. The Morgan fingerprint density at radius 2 is 2.22 bits per heavy atom. The first kappa shape index (κ1) is 12.4. The summed E-state index contributed by atoms with van der Waals surface area (Å²) in [7, 11) is 0. The molecule has 1 aliphatic rings. The molecule has 1 aromatic carbocycles. The Morgan fingerprint density at radius 1 is 1.44 bits per heavy atom. The fourth-order valence-electron chi connectivity index (χ4n) is 1.64. The van der Waals surface area contributed by atoms with Crippen LogP contribution in [-0.4, -0.2) is 19.0 Å². The number of carbonyl (C=O) groups is 1. The number of carbonyl (C=O) groups excluding carboxylic acids is 1. The van der Waals surface area contributed by atoms with Gasteiger partial charge in [-0.3, -0.25) is 4.79 Å². The van der Waals surface area contributed by atoms with Gasteiger partial charge in [-0.25, -0.2) is 4.39 Å². The van der Waals surface area contributed by atoms with Crippen molar-refractivity contribution < 1.29 is 9.18 Å². The standard InChI is InChI=1S/C13H14FN3O/c14-11-3-4-12(10(7-11)8-15)16-5-6-17-13(18)9-1-2-9/h3-4,7,9,16H,1-2,5-6H2,(H,17,18). The molecule has 18 heavy (non-hydrogen) atoms. The Morgan fingerprint density at radius 3 is 2.89 bits per heavy atom. The molecule has 4 nitrogen and oxygen atoms in total. The van der Waals surface area contributed by atoms with Crippen LogP contribution >= 0.6 is 0 Å². The summed E-state index contributed by atoms with van der Waals surface area (Å²) in [6.07, 6.45) is 1.96. The molecule has 0 saturated heterocycles. The van der Waals surface area contributed by atoms with Crippen molar-refractivity contribution in [2.75, 3.05) is 18.4 Å². The lowest BCUT2D eigenvalue weighted by Crippen LogP contribution is -2.29. The molecular formula is C13H14FN3O. The van der Waals surface area contributed by atoms with Crippen LogP contribution in [0.2, 0.25) is 0 Å². The summed E-state index contributed by atoms with van der Waals surface area (Å²) < 4.78 is 12.9. The lowest BCUT2D eigenvalue weighted by atomic mass is 10.2. The molecule has 0 atom stereocenters. The second kappa shape index (κ2) is 5.50. The molecule has 2 rings (SSSR count). The smallest absolute Gasteiger partial charge is 0.223 e. The largest absolute Gasteiger partial charge is 0.382 e. The minimum atomic E-state index is -0.431. The van der Waals surface area contributed by atoms with Crippen LogP contribution < -0.4 is 10.6 Å². The molecule has 1 aromatic rings. The van der Waals surface area contributed by atoms with Crippen molar-refractivity contribution in [1.82, 2.24) is 5.32 Å². The molecular weight excluding hydrogens is 233 g/mol. The van der Waals surface area contributed by atoms with E-state index in [0.717, 1.165) is 12.8 Å². The van der Waals surface area contributed by atoms with Gasteiger partial charge in [-0.2, -0.15) is 5.26 Å². The minimum Gasteiger partial charge on any atom is -0.382 e. The average molecular weight is 247 g/mol. The third kappa shape index (κ3) is 3.20. The number of halogens is 1. The van der Waals surface area contributed by atoms with Crippen LogP contribution in [0, 0.1) is 23.1 Å². The molecule has 1 amide bonds. The second-order valence-electron chi connectivity index (χ2n) is 4.29. The van der Waals surface area contributed by atoms with Crippen molar-refractivity contribution in [3.8, 4) is 6.07 Å². The van der Waals surface area contributed by atoms with E-state index in [1.165, 1.54) is 18.2 Å². The molecule has 0 spiro atoms. The SMILES string of the molecule is N#Cc1cc(F)ccc1NCCNC(=O)C1CC1. The predicted molar refractivity (Wildman–Crippen MR) is 65.3 cm³/mol. The normalized spacial score (nSPS) is 13.8. The number of amides is 1. The van der Waals surface area contributed by atoms with Crippen molar-refractivity contribution in [3.63, 3.8) is 0 Å². The minimum absolute atomic E-state index is 0.0939. The van der Waals surface area contributed by atoms with E-state index in [9.17, 15) is 9.18 Å². The summed E-state index contributed by atoms with van der Waals surface area (Å²) in [6.45, 7) is 1.01. The van der Waals surface area contributed by atoms with E-state index in [2.05, 4.69) is 10.6 Å². The number of nitrogens with one attached hydrogen (secondary N) is 2. The van der Waals surface area contributed by atoms with Crippen LogP contribution in [0.4, 0.5) is 10.1 Å². The Hall–Kier alpha value is -2.09. The van der Waals surface area contributed by atoms with Gasteiger partial charge in [0.2, 0.25) is 5.91 Å². The average Bonchev–Trinajstić information content (AvgIpc) is 3.19. The lowest BCUT2D eigenvalue weighted by molar-refractivity contribution is -0.122. The third-order valence-electron chi connectivity index (χ3n) is 2.79. The fourth-order valence-corrected chi connectivity index (χ4v) is 1.64. The molecule has 5 heteroatoms. The van der Waals surface area contributed by atoms with E-state index in [0.29, 0.717) is 18.8 Å². The Labute approximate surface area is 105 Å². The zero-order valence-electron chi connectivity index (χ0n) is 9.87. The molecule has 0 aliphatic heterocycles. The zero-order valence-corrected chi connectivity index (χ0v) is 9.87. The Bertz CT molecular complexity index is 491. The monoisotopic (exact) mass is 247 g/mol. The summed E-state index contributed by atoms with van der Waals surface area (Å²) in [5.41, 5.74) is 0.850. The number of benzene rings is 1. The highest BCUT2D eigenvalue weighted by Gasteiger charge is 2.28. The first-order valence-electron chi connectivity index (χ1n) is 5.92. The molecule has 1 fully saturated rings. The van der Waals surface area contributed by atoms with Crippen LogP contribution in [0.5, 0.6) is 0 Å². The molecule has 1 saturated carbocycles. The van der Waals surface area contributed by atoms with Crippen molar-refractivity contribution in [1.29, 1.82) is 5.26 Å². The first-order valence-corrected chi connectivity index (χ1v) is 5.92. The van der Waals surface area contributed by atoms with Crippen molar-refractivity contribution in [2.45, 2.75) is 12.8 Å². The van der Waals surface area contributed by atoms with Gasteiger partial charge in [0.25, 0.3) is 0 Å². The number of hydrogen-bond donors (Lipinski definition) is 2. The van der Waals surface area contributed by atoms with Gasteiger partial charge < -0.3 is 10.6 Å². The highest BCUT2D eigenvalue weighted by atomic mass is 19.1. The van der Waals surface area contributed by atoms with Crippen LogP contribution in [0.15, 0.2) is 18.2 Å². The van der Waals surface area contributed by atoms with Crippen LogP contribution in [0.3, 0.4) is 0 Å². The Balaban J connectivity index is 1.79. The number of nitrogens with zero attached hydrogens (tertiary/aromatic N) is 1. The predicted octanol–water partition coefficient (Wildman–Crippen LogP) is 1.64. The van der Waals surface area contributed by atoms with Gasteiger partial charge in [0.1, 0.15) is 11.9 Å². The molecule has 0 unspecified atom stereocenters. The second-order valence-corrected chi connectivity index (χ2v) is 4.29. The van der Waals surface area contributed by atoms with Crippen molar-refractivity contribution in [3.05, 3.63) is 29.6 Å². The summed E-state index contributed by atoms with van der Waals surface area (Å²) in [5.74, 6) is -0.138. The fraction of sp³-hybridized carbons (Fsp3) is 0.385. The number of anilines is 1. The number of nitriles is 1. The molecule has 0 radical (unpaired) electrons. The van der Waals surface area contributed by atoms with Crippen LogP contribution in [0.1, 0.15) is 18.4 Å². The quantitative estimate of drug-likeness (QED) is 0.777. The maximum Gasteiger partial charge on any atom is 0.223 e. The summed E-state index contributed by atoms with van der Waals surface area (Å²) in [6, 6.07) is 5.93. The molecule has 0 heterocycles. The van der Waals surface area contributed by atoms with Crippen LogP contribution in [0.25, 0.3) is 0 Å².